The lowest BCUT2D eigenvalue weighted by molar-refractivity contribution is -0.136. The molecule has 0 aliphatic heterocycles. The molecular weight excluding hydrogens is 370 g/mol. The third-order valence-corrected chi connectivity index (χ3v) is 4.52. The van der Waals surface area contributed by atoms with E-state index in [2.05, 4.69) is 15.8 Å². The van der Waals surface area contributed by atoms with Crippen LogP contribution in [-0.4, -0.2) is 26.9 Å². The van der Waals surface area contributed by atoms with Crippen molar-refractivity contribution >= 4 is 23.2 Å². The molecule has 8 nitrogen and oxygen atoms in total. The Bertz CT molecular complexity index is 1130. The summed E-state index contributed by atoms with van der Waals surface area (Å²) >= 11 is 0. The van der Waals surface area contributed by atoms with Gasteiger partial charge >= 0.3 is 11.8 Å². The number of para-hydroxylation sites is 1. The minimum Gasteiger partial charge on any atom is -0.311 e. The highest BCUT2D eigenvalue weighted by molar-refractivity contribution is 6.39. The number of aromatic nitrogens is 2. The van der Waals surface area contributed by atoms with Crippen LogP contribution in [0.1, 0.15) is 18.2 Å². The molecule has 0 saturated heterocycles. The van der Waals surface area contributed by atoms with E-state index in [1.165, 1.54) is 4.68 Å². The highest BCUT2D eigenvalue weighted by Gasteiger charge is 2.21. The topological polar surface area (TPSA) is 97.5 Å². The van der Waals surface area contributed by atoms with Crippen molar-refractivity contribution in [3.63, 3.8) is 0 Å². The predicted octanol–water partition coefficient (Wildman–Crippen LogP) is 1.96. The van der Waals surface area contributed by atoms with Crippen molar-refractivity contribution in [1.29, 1.82) is 0 Å². The van der Waals surface area contributed by atoms with Crippen molar-refractivity contribution in [1.82, 2.24) is 14.8 Å². The fraction of sp³-hybridized carbons (Fsp3) is 0.143. The van der Waals surface area contributed by atoms with E-state index in [0.717, 1.165) is 5.56 Å². The number of nitrogens with zero attached hydrogens (tertiary/aromatic N) is 3. The number of hydrazone groups is 1. The fourth-order valence-corrected chi connectivity index (χ4v) is 2.81. The second-order valence-corrected chi connectivity index (χ2v) is 6.39. The molecule has 0 aliphatic rings. The Hall–Kier alpha value is -3.94. The predicted molar refractivity (Wildman–Crippen MR) is 111 cm³/mol. The zero-order valence-electron chi connectivity index (χ0n) is 16.3. The molecule has 2 aromatic carbocycles. The van der Waals surface area contributed by atoms with E-state index < -0.39 is 17.4 Å². The molecule has 3 aromatic rings. The zero-order valence-corrected chi connectivity index (χ0v) is 16.3. The van der Waals surface area contributed by atoms with Crippen LogP contribution in [-0.2, 0) is 16.6 Å². The molecule has 0 aliphatic carbocycles. The van der Waals surface area contributed by atoms with Gasteiger partial charge in [-0.3, -0.25) is 19.1 Å². The molecule has 3 rings (SSSR count). The molecule has 1 aromatic heterocycles. The Kier molecular flexibility index (Phi) is 5.73. The van der Waals surface area contributed by atoms with E-state index >= 15 is 0 Å². The molecule has 0 radical (unpaired) electrons. The number of benzene rings is 2. The summed E-state index contributed by atoms with van der Waals surface area (Å²) in [6.07, 6.45) is 0. The molecule has 0 fully saturated rings. The smallest absolute Gasteiger partial charge is 0.311 e. The lowest BCUT2D eigenvalue weighted by Gasteiger charge is -2.07. The number of carbonyl (C=O) groups is 2. The van der Waals surface area contributed by atoms with Gasteiger partial charge in [0.2, 0.25) is 0 Å². The summed E-state index contributed by atoms with van der Waals surface area (Å²) in [5, 5.41) is 6.34. The van der Waals surface area contributed by atoms with Gasteiger partial charge in [-0.25, -0.2) is 10.1 Å². The minimum absolute atomic E-state index is 0.0419. The Labute approximate surface area is 167 Å². The Morgan fingerprint density at radius 3 is 2.14 bits per heavy atom. The zero-order chi connectivity index (χ0) is 21.0. The third-order valence-electron chi connectivity index (χ3n) is 4.52. The van der Waals surface area contributed by atoms with Crippen molar-refractivity contribution in [2.45, 2.75) is 13.8 Å². The van der Waals surface area contributed by atoms with Gasteiger partial charge in [0.05, 0.1) is 17.1 Å². The van der Waals surface area contributed by atoms with Crippen LogP contribution < -0.4 is 16.3 Å². The van der Waals surface area contributed by atoms with Gasteiger partial charge in [-0.1, -0.05) is 48.5 Å². The Balaban J connectivity index is 1.77. The van der Waals surface area contributed by atoms with Gasteiger partial charge in [-0.05, 0) is 31.5 Å². The SMILES string of the molecule is CC(=NNC(=O)C(=O)Nc1c(C)n(C)n(-c2ccccc2)c1=O)c1ccccc1. The molecule has 0 bridgehead atoms. The molecule has 2 N–H and O–H groups in total. The highest BCUT2D eigenvalue weighted by Crippen LogP contribution is 2.13. The van der Waals surface area contributed by atoms with Crippen LogP contribution in [0.5, 0.6) is 0 Å². The molecule has 29 heavy (non-hydrogen) atoms. The first-order valence-electron chi connectivity index (χ1n) is 8.95. The van der Waals surface area contributed by atoms with Gasteiger partial charge in [-0.15, -0.1) is 0 Å². The van der Waals surface area contributed by atoms with Gasteiger partial charge in [-0.2, -0.15) is 5.10 Å². The van der Waals surface area contributed by atoms with Gasteiger partial charge in [0.15, 0.2) is 0 Å². The summed E-state index contributed by atoms with van der Waals surface area (Å²) in [5.41, 5.74) is 4.36. The first-order valence-corrected chi connectivity index (χ1v) is 8.95. The molecule has 1 heterocycles. The number of rotatable bonds is 4. The van der Waals surface area contributed by atoms with Crippen LogP contribution in [0.15, 0.2) is 70.6 Å². The van der Waals surface area contributed by atoms with E-state index in [1.54, 1.807) is 37.7 Å². The summed E-state index contributed by atoms with van der Waals surface area (Å²) in [6.45, 7) is 3.40. The van der Waals surface area contributed by atoms with E-state index in [1.807, 2.05) is 48.5 Å². The maximum absolute atomic E-state index is 12.8. The van der Waals surface area contributed by atoms with Crippen molar-refractivity contribution in [2.24, 2.45) is 12.1 Å². The van der Waals surface area contributed by atoms with Gasteiger partial charge in [0.25, 0.3) is 5.56 Å². The van der Waals surface area contributed by atoms with Crippen molar-refractivity contribution in [2.75, 3.05) is 5.32 Å². The molecule has 0 saturated carbocycles. The summed E-state index contributed by atoms with van der Waals surface area (Å²) in [6, 6.07) is 18.3. The average Bonchev–Trinajstić information content (AvgIpc) is 2.96. The van der Waals surface area contributed by atoms with E-state index in [9.17, 15) is 14.4 Å². The number of hydrogen-bond acceptors (Lipinski definition) is 4. The molecule has 8 heteroatoms. The van der Waals surface area contributed by atoms with E-state index in [0.29, 0.717) is 17.1 Å². The minimum atomic E-state index is -0.972. The summed E-state index contributed by atoms with van der Waals surface area (Å²) < 4.78 is 3.03. The van der Waals surface area contributed by atoms with Crippen LogP contribution in [0, 0.1) is 6.92 Å². The first kappa shape index (κ1) is 19.8. The number of amides is 2. The van der Waals surface area contributed by atoms with E-state index in [4.69, 9.17) is 0 Å². The normalized spacial score (nSPS) is 11.2. The van der Waals surface area contributed by atoms with E-state index in [-0.39, 0.29) is 5.69 Å². The standard InChI is InChI=1S/C21H21N5O3/c1-14(16-10-6-4-7-11-16)23-24-20(28)19(27)22-18-15(2)25(3)26(21(18)29)17-12-8-5-9-13-17/h4-13H,1-3H3,(H,22,27)(H,24,28). The largest absolute Gasteiger partial charge is 0.329 e. The first-order chi connectivity index (χ1) is 13.9. The molecule has 0 atom stereocenters. The lowest BCUT2D eigenvalue weighted by Crippen LogP contribution is -2.34. The molecule has 0 unspecified atom stereocenters. The molecule has 0 spiro atoms. The number of carbonyl (C=O) groups excluding carboxylic acids is 2. The monoisotopic (exact) mass is 391 g/mol. The van der Waals surface area contributed by atoms with Gasteiger partial charge in [0, 0.05) is 7.05 Å². The van der Waals surface area contributed by atoms with Crippen LogP contribution in [0.3, 0.4) is 0 Å². The molecular formula is C21H21N5O3. The average molecular weight is 391 g/mol. The van der Waals surface area contributed by atoms with Crippen molar-refractivity contribution in [3.05, 3.63) is 82.3 Å². The number of anilines is 1. The Morgan fingerprint density at radius 2 is 1.52 bits per heavy atom. The maximum atomic E-state index is 12.8. The number of hydrogen-bond donors (Lipinski definition) is 2. The Morgan fingerprint density at radius 1 is 0.931 bits per heavy atom. The van der Waals surface area contributed by atoms with Gasteiger partial charge < -0.3 is 5.32 Å². The quantitative estimate of drug-likeness (QED) is 0.404. The van der Waals surface area contributed by atoms with Crippen molar-refractivity contribution < 1.29 is 9.59 Å². The van der Waals surface area contributed by atoms with Crippen molar-refractivity contribution in [3.8, 4) is 5.69 Å². The summed E-state index contributed by atoms with van der Waals surface area (Å²) in [7, 11) is 1.70. The molecule has 148 valence electrons. The summed E-state index contributed by atoms with van der Waals surface area (Å²) in [4.78, 5) is 37.2. The third kappa shape index (κ3) is 4.16. The second-order valence-electron chi connectivity index (χ2n) is 6.39. The maximum Gasteiger partial charge on any atom is 0.329 e. The lowest BCUT2D eigenvalue weighted by atomic mass is 10.1. The number of nitrogens with one attached hydrogen (secondary N) is 2. The fourth-order valence-electron chi connectivity index (χ4n) is 2.81. The molecule has 2 amide bonds. The van der Waals surface area contributed by atoms with Crippen LogP contribution in [0.2, 0.25) is 0 Å². The van der Waals surface area contributed by atoms with Crippen LogP contribution in [0.25, 0.3) is 5.69 Å². The van der Waals surface area contributed by atoms with Crippen LogP contribution >= 0.6 is 0 Å². The highest BCUT2D eigenvalue weighted by atomic mass is 16.2. The second kappa shape index (κ2) is 8.39. The summed E-state index contributed by atoms with van der Waals surface area (Å²) in [5.74, 6) is -1.94. The van der Waals surface area contributed by atoms with Gasteiger partial charge in [0.1, 0.15) is 5.69 Å². The van der Waals surface area contributed by atoms with Crippen LogP contribution in [0.4, 0.5) is 5.69 Å².